The number of amides is 1. The summed E-state index contributed by atoms with van der Waals surface area (Å²) < 4.78 is 1.75. The van der Waals surface area contributed by atoms with E-state index in [0.717, 1.165) is 18.9 Å². The SMILES string of the molecule is CC(C)(C)n1nnnc1SCC(=O)N1CCN(c2ccccn2)CC1. The van der Waals surface area contributed by atoms with Crippen LogP contribution in [0.3, 0.4) is 0 Å². The van der Waals surface area contributed by atoms with Crippen molar-refractivity contribution >= 4 is 23.5 Å². The molecule has 0 N–H and O–H groups in total. The quantitative estimate of drug-likeness (QED) is 0.759. The molecule has 0 saturated carbocycles. The molecule has 0 aromatic carbocycles. The lowest BCUT2D eigenvalue weighted by Gasteiger charge is -2.35. The molecular weight excluding hydrogens is 338 g/mol. The molecule has 1 saturated heterocycles. The second-order valence-corrected chi connectivity index (χ2v) is 7.83. The fraction of sp³-hybridized carbons (Fsp3) is 0.562. The second-order valence-electron chi connectivity index (χ2n) is 6.89. The van der Waals surface area contributed by atoms with E-state index >= 15 is 0 Å². The highest BCUT2D eigenvalue weighted by molar-refractivity contribution is 7.99. The third-order valence-electron chi connectivity index (χ3n) is 4.01. The lowest BCUT2D eigenvalue weighted by Crippen LogP contribution is -2.49. The van der Waals surface area contributed by atoms with Gasteiger partial charge in [0.2, 0.25) is 11.1 Å². The Labute approximate surface area is 151 Å². The predicted octanol–water partition coefficient (Wildman–Crippen LogP) is 1.26. The summed E-state index contributed by atoms with van der Waals surface area (Å²) in [5.41, 5.74) is -0.205. The minimum atomic E-state index is -0.205. The maximum atomic E-state index is 12.5. The number of carbonyl (C=O) groups excluding carboxylic acids is 1. The lowest BCUT2D eigenvalue weighted by atomic mass is 10.1. The highest BCUT2D eigenvalue weighted by atomic mass is 32.2. The molecule has 1 aliphatic heterocycles. The van der Waals surface area contributed by atoms with E-state index in [1.165, 1.54) is 11.8 Å². The van der Waals surface area contributed by atoms with Gasteiger partial charge in [0, 0.05) is 32.4 Å². The van der Waals surface area contributed by atoms with Gasteiger partial charge in [0.1, 0.15) is 5.82 Å². The van der Waals surface area contributed by atoms with Gasteiger partial charge in [-0.1, -0.05) is 17.8 Å². The Morgan fingerprint density at radius 2 is 1.96 bits per heavy atom. The minimum absolute atomic E-state index is 0.120. The van der Waals surface area contributed by atoms with Crippen LogP contribution in [0.15, 0.2) is 29.6 Å². The maximum absolute atomic E-state index is 12.5. The van der Waals surface area contributed by atoms with Crippen LogP contribution in [0.25, 0.3) is 0 Å². The van der Waals surface area contributed by atoms with E-state index < -0.39 is 0 Å². The number of aromatic nitrogens is 5. The summed E-state index contributed by atoms with van der Waals surface area (Å²) in [6.07, 6.45) is 1.79. The van der Waals surface area contributed by atoms with Gasteiger partial charge in [-0.25, -0.2) is 9.67 Å². The van der Waals surface area contributed by atoms with Crippen molar-refractivity contribution in [2.24, 2.45) is 0 Å². The Morgan fingerprint density at radius 3 is 2.60 bits per heavy atom. The van der Waals surface area contributed by atoms with Crippen LogP contribution in [-0.4, -0.2) is 67.9 Å². The van der Waals surface area contributed by atoms with E-state index in [1.54, 1.807) is 10.9 Å². The molecule has 0 radical (unpaired) electrons. The Hall–Kier alpha value is -2.16. The molecule has 1 fully saturated rings. The fourth-order valence-electron chi connectivity index (χ4n) is 2.63. The van der Waals surface area contributed by atoms with E-state index in [0.29, 0.717) is 24.0 Å². The molecule has 1 amide bonds. The van der Waals surface area contributed by atoms with Crippen LogP contribution >= 0.6 is 11.8 Å². The summed E-state index contributed by atoms with van der Waals surface area (Å²) in [5, 5.41) is 12.4. The number of thioether (sulfide) groups is 1. The lowest BCUT2D eigenvalue weighted by molar-refractivity contribution is -0.128. The third kappa shape index (κ3) is 4.28. The second kappa shape index (κ2) is 7.38. The van der Waals surface area contributed by atoms with Crippen LogP contribution in [0.1, 0.15) is 20.8 Å². The smallest absolute Gasteiger partial charge is 0.233 e. The van der Waals surface area contributed by atoms with Gasteiger partial charge in [-0.15, -0.1) is 5.10 Å². The van der Waals surface area contributed by atoms with Crippen LogP contribution in [-0.2, 0) is 10.3 Å². The van der Waals surface area contributed by atoms with Crippen molar-refractivity contribution in [1.82, 2.24) is 30.1 Å². The van der Waals surface area contributed by atoms with Crippen LogP contribution in [0.4, 0.5) is 5.82 Å². The van der Waals surface area contributed by atoms with Gasteiger partial charge in [0.25, 0.3) is 0 Å². The molecule has 2 aromatic rings. The summed E-state index contributed by atoms with van der Waals surface area (Å²) in [5.74, 6) is 1.43. The molecule has 25 heavy (non-hydrogen) atoms. The van der Waals surface area contributed by atoms with Crippen molar-refractivity contribution in [3.8, 4) is 0 Å². The van der Waals surface area contributed by atoms with Crippen LogP contribution in [0.5, 0.6) is 0 Å². The fourth-order valence-corrected chi connectivity index (χ4v) is 3.60. The number of nitrogens with zero attached hydrogens (tertiary/aromatic N) is 7. The zero-order valence-corrected chi connectivity index (χ0v) is 15.6. The molecule has 2 aromatic heterocycles. The van der Waals surface area contributed by atoms with Crippen molar-refractivity contribution in [2.45, 2.75) is 31.5 Å². The van der Waals surface area contributed by atoms with Crippen LogP contribution in [0, 0.1) is 0 Å². The van der Waals surface area contributed by atoms with Crippen molar-refractivity contribution in [3.63, 3.8) is 0 Å². The van der Waals surface area contributed by atoms with Gasteiger partial charge in [0.15, 0.2) is 0 Å². The molecular formula is C16H23N7OS. The highest BCUT2D eigenvalue weighted by Gasteiger charge is 2.24. The van der Waals surface area contributed by atoms with E-state index in [4.69, 9.17) is 0 Å². The van der Waals surface area contributed by atoms with Crippen molar-refractivity contribution in [1.29, 1.82) is 0 Å². The number of rotatable bonds is 4. The standard InChI is InChI=1S/C16H23N7OS/c1-16(2,3)23-15(18-19-20-23)25-12-14(24)22-10-8-21(9-11-22)13-6-4-5-7-17-13/h4-7H,8-12H2,1-3H3. The average Bonchev–Trinajstić information content (AvgIpc) is 3.10. The molecule has 134 valence electrons. The summed E-state index contributed by atoms with van der Waals surface area (Å²) in [6, 6.07) is 5.89. The first-order valence-corrected chi connectivity index (χ1v) is 9.29. The Balaban J connectivity index is 1.51. The van der Waals surface area contributed by atoms with Crippen molar-refractivity contribution in [2.75, 3.05) is 36.8 Å². The van der Waals surface area contributed by atoms with Gasteiger partial charge in [-0.05, 0) is 43.3 Å². The summed E-state index contributed by atoms with van der Waals surface area (Å²) in [4.78, 5) is 21.0. The first-order valence-electron chi connectivity index (χ1n) is 8.30. The molecule has 8 nitrogen and oxygen atoms in total. The first kappa shape index (κ1) is 17.7. The number of piperazine rings is 1. The van der Waals surface area contributed by atoms with Crippen molar-refractivity contribution in [3.05, 3.63) is 24.4 Å². The molecule has 0 spiro atoms. The summed E-state index contributed by atoms with van der Waals surface area (Å²) >= 11 is 1.39. The Kier molecular flexibility index (Phi) is 5.22. The zero-order valence-electron chi connectivity index (χ0n) is 14.8. The molecule has 3 heterocycles. The Morgan fingerprint density at radius 1 is 1.20 bits per heavy atom. The minimum Gasteiger partial charge on any atom is -0.353 e. The average molecular weight is 361 g/mol. The molecule has 9 heteroatoms. The molecule has 0 bridgehead atoms. The van der Waals surface area contributed by atoms with E-state index in [2.05, 4.69) is 25.4 Å². The molecule has 0 atom stereocenters. The number of carbonyl (C=O) groups is 1. The summed E-state index contributed by atoms with van der Waals surface area (Å²) in [6.45, 7) is 9.12. The van der Waals surface area contributed by atoms with E-state index in [-0.39, 0.29) is 11.4 Å². The largest absolute Gasteiger partial charge is 0.353 e. The molecule has 0 unspecified atom stereocenters. The number of pyridine rings is 1. The van der Waals surface area contributed by atoms with Gasteiger partial charge in [-0.3, -0.25) is 4.79 Å². The number of hydrogen-bond donors (Lipinski definition) is 0. The third-order valence-corrected chi connectivity index (χ3v) is 4.91. The zero-order chi connectivity index (χ0) is 17.9. The van der Waals surface area contributed by atoms with E-state index in [1.807, 2.05) is 43.9 Å². The van der Waals surface area contributed by atoms with Gasteiger partial charge < -0.3 is 9.80 Å². The highest BCUT2D eigenvalue weighted by Crippen LogP contribution is 2.22. The normalized spacial score (nSPS) is 15.5. The molecule has 0 aliphatic carbocycles. The number of tetrazole rings is 1. The van der Waals surface area contributed by atoms with Crippen molar-refractivity contribution < 1.29 is 4.79 Å². The predicted molar refractivity (Wildman–Crippen MR) is 96.6 cm³/mol. The molecule has 3 rings (SSSR count). The Bertz CT molecular complexity index is 705. The monoisotopic (exact) mass is 361 g/mol. The van der Waals surface area contributed by atoms with Gasteiger partial charge in [0.05, 0.1) is 11.3 Å². The van der Waals surface area contributed by atoms with E-state index in [9.17, 15) is 4.79 Å². The van der Waals surface area contributed by atoms with Gasteiger partial charge >= 0.3 is 0 Å². The van der Waals surface area contributed by atoms with Crippen LogP contribution in [0.2, 0.25) is 0 Å². The molecule has 1 aliphatic rings. The van der Waals surface area contributed by atoms with Gasteiger partial charge in [-0.2, -0.15) is 0 Å². The number of hydrogen-bond acceptors (Lipinski definition) is 7. The topological polar surface area (TPSA) is 80.0 Å². The summed E-state index contributed by atoms with van der Waals surface area (Å²) in [7, 11) is 0. The maximum Gasteiger partial charge on any atom is 0.233 e. The van der Waals surface area contributed by atoms with Crippen LogP contribution < -0.4 is 4.90 Å². The number of anilines is 1. The first-order chi connectivity index (χ1) is 11.9.